The first-order valence-corrected chi connectivity index (χ1v) is 6.90. The summed E-state index contributed by atoms with van der Waals surface area (Å²) < 4.78 is 5.39. The molecule has 0 saturated heterocycles. The van der Waals surface area contributed by atoms with E-state index >= 15 is 0 Å². The van der Waals surface area contributed by atoms with Crippen molar-refractivity contribution < 1.29 is 9.53 Å². The number of amides is 1. The minimum absolute atomic E-state index is 0.277. The van der Waals surface area contributed by atoms with E-state index < -0.39 is 0 Å². The number of benzene rings is 3. The van der Waals surface area contributed by atoms with Gasteiger partial charge in [0, 0.05) is 19.7 Å². The van der Waals surface area contributed by atoms with Crippen LogP contribution in [0.5, 0.6) is 0 Å². The fourth-order valence-electron chi connectivity index (χ4n) is 2.53. The van der Waals surface area contributed by atoms with E-state index in [2.05, 4.69) is 30.3 Å². The van der Waals surface area contributed by atoms with Gasteiger partial charge in [-0.15, -0.1) is 0 Å². The maximum atomic E-state index is 11.7. The normalized spacial score (nSPS) is 10.8. The highest BCUT2D eigenvalue weighted by Crippen LogP contribution is 2.29. The third-order valence-corrected chi connectivity index (χ3v) is 3.59. The van der Waals surface area contributed by atoms with Gasteiger partial charge in [-0.25, -0.2) is 4.79 Å². The zero-order valence-electron chi connectivity index (χ0n) is 12.2. The summed E-state index contributed by atoms with van der Waals surface area (Å²) in [7, 11) is 3.37. The second-order valence-electron chi connectivity index (χ2n) is 5.25. The van der Waals surface area contributed by atoms with E-state index in [1.165, 1.54) is 4.90 Å². The second kappa shape index (κ2) is 5.44. The maximum absolute atomic E-state index is 11.7. The van der Waals surface area contributed by atoms with E-state index in [0.29, 0.717) is 0 Å². The van der Waals surface area contributed by atoms with Gasteiger partial charge in [-0.05, 0) is 27.6 Å². The molecule has 3 heteroatoms. The largest absolute Gasteiger partial charge is 0.445 e. The fraction of sp³-hybridized carbons (Fsp3) is 0.167. The lowest BCUT2D eigenvalue weighted by atomic mass is 9.97. The molecule has 0 radical (unpaired) electrons. The molecule has 0 aliphatic carbocycles. The Balaban J connectivity index is 2.14. The van der Waals surface area contributed by atoms with Crippen molar-refractivity contribution in [3.8, 4) is 0 Å². The average molecular weight is 279 g/mol. The van der Waals surface area contributed by atoms with Gasteiger partial charge in [0.05, 0.1) is 0 Å². The summed E-state index contributed by atoms with van der Waals surface area (Å²) in [5.41, 5.74) is 1.05. The molecule has 0 unspecified atom stereocenters. The van der Waals surface area contributed by atoms with Crippen molar-refractivity contribution in [2.24, 2.45) is 0 Å². The first-order chi connectivity index (χ1) is 10.2. The minimum atomic E-state index is -0.327. The number of hydrogen-bond donors (Lipinski definition) is 0. The average Bonchev–Trinajstić information content (AvgIpc) is 2.51. The number of rotatable bonds is 2. The zero-order chi connectivity index (χ0) is 14.8. The van der Waals surface area contributed by atoms with Crippen molar-refractivity contribution >= 4 is 27.6 Å². The minimum Gasteiger partial charge on any atom is -0.445 e. The van der Waals surface area contributed by atoms with E-state index in [0.717, 1.165) is 27.1 Å². The molecule has 3 aromatic rings. The highest BCUT2D eigenvalue weighted by atomic mass is 16.6. The Morgan fingerprint density at radius 2 is 1.48 bits per heavy atom. The van der Waals surface area contributed by atoms with Gasteiger partial charge in [0.1, 0.15) is 6.61 Å². The van der Waals surface area contributed by atoms with Crippen LogP contribution >= 0.6 is 0 Å². The van der Waals surface area contributed by atoms with Gasteiger partial charge >= 0.3 is 6.09 Å². The number of carbonyl (C=O) groups excluding carboxylic acids is 1. The molecule has 3 aromatic carbocycles. The van der Waals surface area contributed by atoms with Crippen molar-refractivity contribution in [2.45, 2.75) is 6.61 Å². The van der Waals surface area contributed by atoms with Crippen LogP contribution in [0.4, 0.5) is 4.79 Å². The van der Waals surface area contributed by atoms with E-state index in [-0.39, 0.29) is 12.7 Å². The monoisotopic (exact) mass is 279 g/mol. The summed E-state index contributed by atoms with van der Waals surface area (Å²) in [6.45, 7) is 0.277. The number of nitrogens with zero attached hydrogens (tertiary/aromatic N) is 1. The van der Waals surface area contributed by atoms with Crippen molar-refractivity contribution in [1.29, 1.82) is 0 Å². The Labute approximate surface area is 123 Å². The van der Waals surface area contributed by atoms with E-state index in [4.69, 9.17) is 4.74 Å². The molecule has 0 aliphatic heterocycles. The molecule has 0 bridgehead atoms. The van der Waals surface area contributed by atoms with Crippen molar-refractivity contribution in [3.63, 3.8) is 0 Å². The van der Waals surface area contributed by atoms with Crippen LogP contribution in [0.2, 0.25) is 0 Å². The van der Waals surface area contributed by atoms with E-state index in [9.17, 15) is 4.79 Å². The number of fused-ring (bicyclic) bond motifs is 2. The molecular weight excluding hydrogens is 262 g/mol. The van der Waals surface area contributed by atoms with Crippen LogP contribution in [0.15, 0.2) is 54.6 Å². The molecule has 0 aromatic heterocycles. The van der Waals surface area contributed by atoms with Crippen LogP contribution in [0.1, 0.15) is 5.56 Å². The zero-order valence-corrected chi connectivity index (χ0v) is 12.2. The van der Waals surface area contributed by atoms with Crippen LogP contribution in [-0.2, 0) is 11.3 Å². The van der Waals surface area contributed by atoms with Crippen molar-refractivity contribution in [3.05, 3.63) is 60.2 Å². The molecule has 0 fully saturated rings. The highest BCUT2D eigenvalue weighted by molar-refractivity contribution is 6.02. The van der Waals surface area contributed by atoms with Crippen LogP contribution in [0.3, 0.4) is 0 Å². The Kier molecular flexibility index (Phi) is 3.48. The van der Waals surface area contributed by atoms with Gasteiger partial charge < -0.3 is 9.64 Å². The summed E-state index contributed by atoms with van der Waals surface area (Å²) in [6, 6.07) is 18.5. The van der Waals surface area contributed by atoms with Crippen LogP contribution < -0.4 is 0 Å². The Morgan fingerprint density at radius 1 is 0.952 bits per heavy atom. The van der Waals surface area contributed by atoms with Crippen LogP contribution in [0.25, 0.3) is 21.5 Å². The predicted octanol–water partition coefficient (Wildman–Crippen LogP) is 4.19. The third-order valence-electron chi connectivity index (χ3n) is 3.59. The SMILES string of the molecule is CN(C)C(=O)OCc1c2ccccc2cc2ccccc12. The second-order valence-corrected chi connectivity index (χ2v) is 5.25. The predicted molar refractivity (Wildman–Crippen MR) is 85.3 cm³/mol. The summed E-state index contributed by atoms with van der Waals surface area (Å²) in [4.78, 5) is 13.1. The first kappa shape index (κ1) is 13.4. The molecule has 0 spiro atoms. The van der Waals surface area contributed by atoms with Gasteiger partial charge in [-0.1, -0.05) is 48.5 Å². The molecule has 21 heavy (non-hydrogen) atoms. The number of ether oxygens (including phenoxy) is 1. The number of hydrogen-bond acceptors (Lipinski definition) is 2. The highest BCUT2D eigenvalue weighted by Gasteiger charge is 2.10. The summed E-state index contributed by atoms with van der Waals surface area (Å²) >= 11 is 0. The van der Waals surface area contributed by atoms with Crippen LogP contribution in [0, 0.1) is 0 Å². The topological polar surface area (TPSA) is 29.5 Å². The molecule has 0 heterocycles. The summed E-state index contributed by atoms with van der Waals surface area (Å²) in [5.74, 6) is 0. The fourth-order valence-corrected chi connectivity index (χ4v) is 2.53. The maximum Gasteiger partial charge on any atom is 0.409 e. The van der Waals surface area contributed by atoms with Gasteiger partial charge in [0.2, 0.25) is 0 Å². The van der Waals surface area contributed by atoms with Gasteiger partial charge in [0.15, 0.2) is 0 Å². The van der Waals surface area contributed by atoms with Crippen molar-refractivity contribution in [2.75, 3.05) is 14.1 Å². The van der Waals surface area contributed by atoms with E-state index in [1.54, 1.807) is 14.1 Å². The molecule has 106 valence electrons. The molecule has 1 amide bonds. The third kappa shape index (κ3) is 2.55. The molecule has 3 nitrogen and oxygen atoms in total. The molecule has 0 N–H and O–H groups in total. The Hall–Kier alpha value is -2.55. The lowest BCUT2D eigenvalue weighted by Gasteiger charge is -2.14. The molecular formula is C18H17NO2. The lowest BCUT2D eigenvalue weighted by Crippen LogP contribution is -2.22. The Morgan fingerprint density at radius 3 is 2.00 bits per heavy atom. The first-order valence-electron chi connectivity index (χ1n) is 6.90. The smallest absolute Gasteiger partial charge is 0.409 e. The number of carbonyl (C=O) groups is 1. The molecule has 3 rings (SSSR count). The van der Waals surface area contributed by atoms with Crippen molar-refractivity contribution in [1.82, 2.24) is 4.90 Å². The molecule has 0 aliphatic rings. The summed E-state index contributed by atoms with van der Waals surface area (Å²) in [5, 5.41) is 4.57. The molecule has 0 atom stereocenters. The summed E-state index contributed by atoms with van der Waals surface area (Å²) in [6.07, 6.45) is -0.327. The Bertz CT molecular complexity index is 755. The van der Waals surface area contributed by atoms with Crippen LogP contribution in [-0.4, -0.2) is 25.1 Å². The quantitative estimate of drug-likeness (QED) is 0.658. The molecule has 0 saturated carbocycles. The standard InChI is InChI=1S/C18H17NO2/c1-19(2)18(20)21-12-17-15-9-5-3-7-13(15)11-14-8-4-6-10-16(14)17/h3-11H,12H2,1-2H3. The van der Waals surface area contributed by atoms with E-state index in [1.807, 2.05) is 24.3 Å². The van der Waals surface area contributed by atoms with Gasteiger partial charge in [0.25, 0.3) is 0 Å². The van der Waals surface area contributed by atoms with Gasteiger partial charge in [-0.3, -0.25) is 0 Å². The lowest BCUT2D eigenvalue weighted by molar-refractivity contribution is 0.113. The van der Waals surface area contributed by atoms with Gasteiger partial charge in [-0.2, -0.15) is 0 Å².